The van der Waals surface area contributed by atoms with Crippen LogP contribution in [0.15, 0.2) is 12.1 Å². The van der Waals surface area contributed by atoms with Crippen LogP contribution < -0.4 is 15.4 Å². The molecule has 0 aliphatic carbocycles. The van der Waals surface area contributed by atoms with E-state index in [1.165, 1.54) is 4.90 Å². The number of carbonyl (C=O) groups excluding carboxylic acids is 2. The number of anilines is 2. The maximum Gasteiger partial charge on any atom is 0.326 e. The maximum absolute atomic E-state index is 11.9. The van der Waals surface area contributed by atoms with E-state index in [0.29, 0.717) is 19.0 Å². The molecule has 2 rings (SSSR count). The number of rotatable bonds is 7. The molecule has 0 spiro atoms. The predicted molar refractivity (Wildman–Crippen MR) is 78.6 cm³/mol. The second-order valence-corrected chi connectivity index (χ2v) is 4.66. The minimum absolute atomic E-state index is 0.147. The summed E-state index contributed by atoms with van der Waals surface area (Å²) >= 11 is 0. The van der Waals surface area contributed by atoms with Crippen LogP contribution in [-0.4, -0.2) is 49.8 Å². The average Bonchev–Trinajstić information content (AvgIpc) is 2.50. The van der Waals surface area contributed by atoms with Crippen molar-refractivity contribution in [1.82, 2.24) is 4.98 Å². The fourth-order valence-electron chi connectivity index (χ4n) is 1.89. The third kappa shape index (κ3) is 4.08. The zero-order valence-corrected chi connectivity index (χ0v) is 12.4. The Hall–Kier alpha value is -2.35. The molecule has 1 aromatic heterocycles. The van der Waals surface area contributed by atoms with E-state index >= 15 is 0 Å². The molecule has 1 aromatic rings. The number of fused-ring (bicyclic) bond motifs is 1. The highest BCUT2D eigenvalue weighted by molar-refractivity contribution is 6.00. The molecule has 1 aliphatic heterocycles. The third-order valence-electron chi connectivity index (χ3n) is 2.90. The van der Waals surface area contributed by atoms with Gasteiger partial charge < -0.3 is 19.9 Å². The molecule has 2 heterocycles. The van der Waals surface area contributed by atoms with Crippen molar-refractivity contribution in [3.63, 3.8) is 0 Å². The zero-order chi connectivity index (χ0) is 15.9. The average molecular weight is 309 g/mol. The van der Waals surface area contributed by atoms with Crippen molar-refractivity contribution >= 4 is 23.5 Å². The number of nitrogens with zero attached hydrogens (tertiary/aromatic N) is 2. The van der Waals surface area contributed by atoms with Crippen LogP contribution in [0.25, 0.3) is 0 Å². The molecule has 0 saturated heterocycles. The van der Waals surface area contributed by atoms with Gasteiger partial charge in [-0.3, -0.25) is 14.5 Å². The van der Waals surface area contributed by atoms with Crippen LogP contribution in [0.3, 0.4) is 0 Å². The summed E-state index contributed by atoms with van der Waals surface area (Å²) in [6.45, 7) is 2.71. The molecule has 0 atom stereocenters. The van der Waals surface area contributed by atoms with Gasteiger partial charge >= 0.3 is 5.97 Å². The molecule has 8 heteroatoms. The summed E-state index contributed by atoms with van der Waals surface area (Å²) in [7, 11) is 0. The fraction of sp³-hybridized carbons (Fsp3) is 0.500. The number of carbonyl (C=O) groups is 2. The van der Waals surface area contributed by atoms with Crippen LogP contribution in [0, 0.1) is 0 Å². The highest BCUT2D eigenvalue weighted by atomic mass is 16.6. The van der Waals surface area contributed by atoms with Gasteiger partial charge in [0.1, 0.15) is 19.0 Å². The summed E-state index contributed by atoms with van der Waals surface area (Å²) < 4.78 is 15.5. The number of aromatic nitrogens is 1. The van der Waals surface area contributed by atoms with Crippen LogP contribution in [0.1, 0.15) is 13.3 Å². The zero-order valence-electron chi connectivity index (χ0n) is 12.4. The number of hydrogen-bond donors (Lipinski definition) is 1. The quantitative estimate of drug-likeness (QED) is 0.572. The molecular formula is C14H19N3O5. The van der Waals surface area contributed by atoms with Crippen molar-refractivity contribution in [2.75, 3.05) is 43.6 Å². The molecule has 1 amide bonds. The summed E-state index contributed by atoms with van der Waals surface area (Å²) in [4.78, 5) is 29.0. The van der Waals surface area contributed by atoms with Crippen molar-refractivity contribution in [3.05, 3.63) is 12.1 Å². The Labute approximate surface area is 128 Å². The number of nitrogen functional groups attached to an aromatic ring is 1. The predicted octanol–water partition coefficient (Wildman–Crippen LogP) is 0.359. The van der Waals surface area contributed by atoms with Gasteiger partial charge in [0, 0.05) is 6.61 Å². The van der Waals surface area contributed by atoms with Crippen molar-refractivity contribution < 1.29 is 23.8 Å². The molecule has 0 aromatic carbocycles. The lowest BCUT2D eigenvalue weighted by Gasteiger charge is -2.27. The molecule has 0 fully saturated rings. The van der Waals surface area contributed by atoms with Gasteiger partial charge in [0.15, 0.2) is 18.2 Å². The summed E-state index contributed by atoms with van der Waals surface area (Å²) in [6, 6.07) is 3.18. The molecule has 0 bridgehead atoms. The van der Waals surface area contributed by atoms with Crippen molar-refractivity contribution in [1.29, 1.82) is 0 Å². The van der Waals surface area contributed by atoms with E-state index < -0.39 is 5.97 Å². The van der Waals surface area contributed by atoms with Gasteiger partial charge in [0.2, 0.25) is 0 Å². The first kappa shape index (κ1) is 16.0. The number of ether oxygens (including phenoxy) is 3. The van der Waals surface area contributed by atoms with E-state index in [1.54, 1.807) is 12.1 Å². The maximum atomic E-state index is 11.9. The third-order valence-corrected chi connectivity index (χ3v) is 2.90. The van der Waals surface area contributed by atoms with E-state index in [1.807, 2.05) is 6.92 Å². The number of nitrogens with two attached hydrogens (primary N) is 1. The number of esters is 1. The normalized spacial score (nSPS) is 13.5. The van der Waals surface area contributed by atoms with Gasteiger partial charge in [-0.25, -0.2) is 4.98 Å². The van der Waals surface area contributed by atoms with Gasteiger partial charge in [-0.05, 0) is 18.6 Å². The first-order chi connectivity index (χ1) is 10.6. The van der Waals surface area contributed by atoms with Crippen molar-refractivity contribution in [2.45, 2.75) is 13.3 Å². The first-order valence-corrected chi connectivity index (χ1v) is 7.05. The van der Waals surface area contributed by atoms with Crippen molar-refractivity contribution in [2.24, 2.45) is 0 Å². The molecule has 120 valence electrons. The largest absolute Gasteiger partial charge is 0.480 e. The van der Waals surface area contributed by atoms with Crippen LogP contribution >= 0.6 is 0 Å². The second kappa shape index (κ2) is 7.60. The molecule has 8 nitrogen and oxygen atoms in total. The van der Waals surface area contributed by atoms with Crippen LogP contribution in [-0.2, 0) is 19.1 Å². The molecular weight excluding hydrogens is 290 g/mol. The van der Waals surface area contributed by atoms with E-state index in [9.17, 15) is 9.59 Å². The van der Waals surface area contributed by atoms with E-state index in [2.05, 4.69) is 4.98 Å². The smallest absolute Gasteiger partial charge is 0.326 e. The minimum atomic E-state index is -0.537. The Morgan fingerprint density at radius 1 is 1.41 bits per heavy atom. The standard InChI is InChI=1S/C14H19N3O5/c1-2-5-20-6-7-21-13(19)8-17-12(18)9-22-10-3-4-11(15)16-14(10)17/h3-4H,2,5-9H2,1H3,(H2,15,16). The minimum Gasteiger partial charge on any atom is -0.480 e. The summed E-state index contributed by atoms with van der Waals surface area (Å²) in [5.74, 6) is -0.0259. The van der Waals surface area contributed by atoms with Crippen LogP contribution in [0.5, 0.6) is 5.75 Å². The monoisotopic (exact) mass is 309 g/mol. The molecule has 22 heavy (non-hydrogen) atoms. The van der Waals surface area contributed by atoms with Crippen LogP contribution in [0.2, 0.25) is 0 Å². The fourth-order valence-corrected chi connectivity index (χ4v) is 1.89. The lowest BCUT2D eigenvalue weighted by Crippen LogP contribution is -2.43. The lowest BCUT2D eigenvalue weighted by molar-refractivity contribution is -0.144. The lowest BCUT2D eigenvalue weighted by atomic mass is 10.3. The van der Waals surface area contributed by atoms with Gasteiger partial charge in [0.25, 0.3) is 5.91 Å². The Kier molecular flexibility index (Phi) is 5.54. The number of amides is 1. The summed E-state index contributed by atoms with van der Waals surface area (Å²) in [5, 5.41) is 0. The number of hydrogen-bond acceptors (Lipinski definition) is 7. The molecule has 0 unspecified atom stereocenters. The van der Waals surface area contributed by atoms with E-state index in [-0.39, 0.29) is 37.3 Å². The molecule has 0 saturated carbocycles. The second-order valence-electron chi connectivity index (χ2n) is 4.66. The number of pyridine rings is 1. The Morgan fingerprint density at radius 3 is 3.00 bits per heavy atom. The van der Waals surface area contributed by atoms with E-state index in [0.717, 1.165) is 6.42 Å². The topological polar surface area (TPSA) is 104 Å². The van der Waals surface area contributed by atoms with Crippen molar-refractivity contribution in [3.8, 4) is 5.75 Å². The highest BCUT2D eigenvalue weighted by Gasteiger charge is 2.29. The Morgan fingerprint density at radius 2 is 2.23 bits per heavy atom. The van der Waals surface area contributed by atoms with Gasteiger partial charge in [-0.1, -0.05) is 6.92 Å². The highest BCUT2D eigenvalue weighted by Crippen LogP contribution is 2.30. The molecule has 0 radical (unpaired) electrons. The van der Waals surface area contributed by atoms with Crippen LogP contribution in [0.4, 0.5) is 11.6 Å². The Bertz CT molecular complexity index is 549. The summed E-state index contributed by atoms with van der Waals surface area (Å²) in [5.41, 5.74) is 5.61. The van der Waals surface area contributed by atoms with Gasteiger partial charge in [0.05, 0.1) is 6.61 Å². The van der Waals surface area contributed by atoms with E-state index in [4.69, 9.17) is 19.9 Å². The first-order valence-electron chi connectivity index (χ1n) is 7.05. The molecule has 2 N–H and O–H groups in total. The molecule has 1 aliphatic rings. The Balaban J connectivity index is 1.93. The van der Waals surface area contributed by atoms with Gasteiger partial charge in [-0.15, -0.1) is 0 Å². The van der Waals surface area contributed by atoms with Gasteiger partial charge in [-0.2, -0.15) is 0 Å². The SMILES string of the molecule is CCCOCCOC(=O)CN1C(=O)COc2ccc(N)nc21. The summed E-state index contributed by atoms with van der Waals surface area (Å²) in [6.07, 6.45) is 0.903.